The highest BCUT2D eigenvalue weighted by Gasteiger charge is 2.41. The van der Waals surface area contributed by atoms with Crippen LogP contribution in [0.25, 0.3) is 16.7 Å². The zero-order valence-electron chi connectivity index (χ0n) is 20.7. The molecule has 1 aromatic carbocycles. The molecular weight excluding hydrogens is 569 g/mol. The van der Waals surface area contributed by atoms with Gasteiger partial charge >= 0.3 is 6.36 Å². The minimum Gasteiger partial charge on any atom is -0.406 e. The molecule has 38 heavy (non-hydrogen) atoms. The van der Waals surface area contributed by atoms with Crippen LogP contribution in [-0.2, 0) is 11.3 Å². The molecule has 2 atom stereocenters. The number of amides is 1. The maximum Gasteiger partial charge on any atom is 0.573 e. The molecule has 0 radical (unpaired) electrons. The van der Waals surface area contributed by atoms with Crippen LogP contribution < -0.4 is 20.7 Å². The lowest BCUT2D eigenvalue weighted by Gasteiger charge is -2.22. The molecule has 3 N–H and O–H groups in total. The Morgan fingerprint density at radius 3 is 2.87 bits per heavy atom. The van der Waals surface area contributed by atoms with E-state index in [-0.39, 0.29) is 24.9 Å². The van der Waals surface area contributed by atoms with E-state index in [9.17, 15) is 18.0 Å². The zero-order chi connectivity index (χ0) is 27.5. The average molecular weight is 595 g/mol. The van der Waals surface area contributed by atoms with E-state index >= 15 is 0 Å². The van der Waals surface area contributed by atoms with Crippen LogP contribution in [0.4, 0.5) is 19.1 Å². The molecule has 0 aliphatic heterocycles. The minimum absolute atomic E-state index is 0.0148. The number of anilines is 1. The number of hydrogen-bond acceptors (Lipinski definition) is 8. The Morgan fingerprint density at radius 1 is 1.37 bits per heavy atom. The van der Waals surface area contributed by atoms with Crippen molar-refractivity contribution in [3.8, 4) is 17.5 Å². The molecular formula is C24H26BrF3N8O2. The fourth-order valence-electron chi connectivity index (χ4n) is 4.61. The van der Waals surface area contributed by atoms with Gasteiger partial charge in [-0.1, -0.05) is 6.92 Å². The van der Waals surface area contributed by atoms with Gasteiger partial charge < -0.3 is 20.7 Å². The number of nitrogens with zero attached hydrogens (tertiary/aromatic N) is 5. The average Bonchev–Trinajstić information content (AvgIpc) is 3.40. The van der Waals surface area contributed by atoms with Gasteiger partial charge in [0.1, 0.15) is 10.4 Å². The third-order valence-corrected chi connectivity index (χ3v) is 6.99. The molecule has 1 fully saturated rings. The summed E-state index contributed by atoms with van der Waals surface area (Å²) in [4.78, 5) is 21.2. The number of ether oxygens (including phenoxy) is 1. The Bertz CT molecular complexity index is 1370. The Hall–Kier alpha value is -3.44. The minimum atomic E-state index is -4.87. The standard InChI is InChI=1S/C24H26BrF3N8O2/c1-23(21(37)30-2)5-4-15(11-23)33-22-32-13-18-19(25)35-36(20(18)34-22)16-8-14(12-31-7-3-6-29)9-17(10-16)38-24(26,27)28/h8-10,13,15,31H,3-5,7,11-12H2,1-2H3,(H,30,37)(H,32,33,34)/t15-,23-/m1/s1. The summed E-state index contributed by atoms with van der Waals surface area (Å²) in [7, 11) is 1.62. The molecule has 1 aliphatic rings. The fraction of sp³-hybridized carbons (Fsp3) is 0.458. The number of hydrogen-bond donors (Lipinski definition) is 3. The second kappa shape index (κ2) is 11.1. The van der Waals surface area contributed by atoms with Crippen LogP contribution in [0.15, 0.2) is 29.0 Å². The molecule has 202 valence electrons. The van der Waals surface area contributed by atoms with Crippen LogP contribution >= 0.6 is 15.9 Å². The van der Waals surface area contributed by atoms with Crippen molar-refractivity contribution in [3.05, 3.63) is 34.6 Å². The second-order valence-electron chi connectivity index (χ2n) is 9.33. The Balaban J connectivity index is 1.66. The first kappa shape index (κ1) is 27.6. The van der Waals surface area contributed by atoms with Gasteiger partial charge in [0.2, 0.25) is 11.9 Å². The number of carbonyl (C=O) groups is 1. The predicted octanol–water partition coefficient (Wildman–Crippen LogP) is 4.20. The van der Waals surface area contributed by atoms with Crippen molar-refractivity contribution in [2.75, 3.05) is 18.9 Å². The van der Waals surface area contributed by atoms with E-state index in [1.165, 1.54) is 16.8 Å². The van der Waals surface area contributed by atoms with Crippen molar-refractivity contribution in [1.29, 1.82) is 5.26 Å². The van der Waals surface area contributed by atoms with E-state index in [1.54, 1.807) is 19.3 Å². The van der Waals surface area contributed by atoms with E-state index in [4.69, 9.17) is 5.26 Å². The summed E-state index contributed by atoms with van der Waals surface area (Å²) in [5.74, 6) is -0.101. The van der Waals surface area contributed by atoms with Crippen molar-refractivity contribution >= 4 is 38.8 Å². The van der Waals surface area contributed by atoms with Crippen molar-refractivity contribution in [1.82, 2.24) is 30.4 Å². The van der Waals surface area contributed by atoms with Gasteiger partial charge in [-0.25, -0.2) is 9.67 Å². The molecule has 0 spiro atoms. The maximum atomic E-state index is 13.0. The molecule has 0 bridgehead atoms. The van der Waals surface area contributed by atoms with Gasteiger partial charge in [-0.3, -0.25) is 4.79 Å². The van der Waals surface area contributed by atoms with Crippen LogP contribution in [0.5, 0.6) is 5.75 Å². The molecule has 14 heteroatoms. The second-order valence-corrected chi connectivity index (χ2v) is 10.1. The zero-order valence-corrected chi connectivity index (χ0v) is 22.3. The van der Waals surface area contributed by atoms with Gasteiger partial charge in [0.25, 0.3) is 0 Å². The Morgan fingerprint density at radius 2 is 2.16 bits per heavy atom. The number of alkyl halides is 3. The molecule has 3 aromatic rings. The summed E-state index contributed by atoms with van der Waals surface area (Å²) < 4.78 is 45.1. The largest absolute Gasteiger partial charge is 0.573 e. The number of nitrogens with one attached hydrogen (secondary N) is 3. The molecule has 1 amide bonds. The summed E-state index contributed by atoms with van der Waals surface area (Å²) in [5.41, 5.74) is 0.690. The van der Waals surface area contributed by atoms with Gasteiger partial charge in [-0.05, 0) is 52.9 Å². The SMILES string of the molecule is CNC(=O)[C@]1(C)CC[C@@H](Nc2ncc3c(Br)nn(-c4cc(CNCCC#N)cc(OC(F)(F)F)c4)c3n2)C1. The molecule has 4 rings (SSSR count). The van der Waals surface area contributed by atoms with Gasteiger partial charge in [0, 0.05) is 50.3 Å². The molecule has 2 heterocycles. The summed E-state index contributed by atoms with van der Waals surface area (Å²) in [6.45, 7) is 2.53. The number of nitriles is 1. The van der Waals surface area contributed by atoms with E-state index < -0.39 is 17.5 Å². The summed E-state index contributed by atoms with van der Waals surface area (Å²) >= 11 is 3.38. The van der Waals surface area contributed by atoms with Gasteiger partial charge in [0.05, 0.1) is 17.1 Å². The number of carbonyl (C=O) groups excluding carboxylic acids is 1. The van der Waals surface area contributed by atoms with E-state index in [1.807, 2.05) is 13.0 Å². The molecule has 2 aromatic heterocycles. The van der Waals surface area contributed by atoms with E-state index in [2.05, 4.69) is 51.7 Å². The summed E-state index contributed by atoms with van der Waals surface area (Å²) in [5, 5.41) is 22.7. The normalized spacial score (nSPS) is 19.3. The van der Waals surface area contributed by atoms with Gasteiger partial charge in [-0.15, -0.1) is 13.2 Å². The first-order chi connectivity index (χ1) is 18.0. The van der Waals surface area contributed by atoms with Gasteiger partial charge in [-0.2, -0.15) is 15.3 Å². The summed E-state index contributed by atoms with van der Waals surface area (Å²) in [6, 6.07) is 6.16. The highest BCUT2D eigenvalue weighted by Crippen LogP contribution is 2.39. The Labute approximate surface area is 225 Å². The number of rotatable bonds is 9. The number of aromatic nitrogens is 4. The van der Waals surface area contributed by atoms with Crippen LogP contribution in [0, 0.1) is 16.7 Å². The molecule has 1 aliphatic carbocycles. The lowest BCUT2D eigenvalue weighted by molar-refractivity contribution is -0.274. The topological polar surface area (TPSA) is 130 Å². The maximum absolute atomic E-state index is 13.0. The lowest BCUT2D eigenvalue weighted by atomic mass is 9.87. The third-order valence-electron chi connectivity index (χ3n) is 6.40. The van der Waals surface area contributed by atoms with Crippen LogP contribution in [0.2, 0.25) is 0 Å². The summed E-state index contributed by atoms with van der Waals surface area (Å²) in [6.07, 6.45) is -0.957. The number of fused-ring (bicyclic) bond motifs is 1. The fourth-order valence-corrected chi connectivity index (χ4v) is 5.05. The molecule has 1 saturated carbocycles. The smallest absolute Gasteiger partial charge is 0.406 e. The highest BCUT2D eigenvalue weighted by molar-refractivity contribution is 9.10. The van der Waals surface area contributed by atoms with Crippen LogP contribution in [-0.4, -0.2) is 51.7 Å². The van der Waals surface area contributed by atoms with Crippen molar-refractivity contribution < 1.29 is 22.7 Å². The van der Waals surface area contributed by atoms with Crippen molar-refractivity contribution in [3.63, 3.8) is 0 Å². The quantitative estimate of drug-likeness (QED) is 0.314. The Kier molecular flexibility index (Phi) is 8.08. The van der Waals surface area contributed by atoms with E-state index in [0.717, 1.165) is 6.42 Å². The number of halogens is 4. The molecule has 10 nitrogen and oxygen atoms in total. The monoisotopic (exact) mass is 594 g/mol. The highest BCUT2D eigenvalue weighted by atomic mass is 79.9. The van der Waals surface area contributed by atoms with Crippen LogP contribution in [0.1, 0.15) is 38.2 Å². The third kappa shape index (κ3) is 6.33. The molecule has 0 unspecified atom stereocenters. The van der Waals surface area contributed by atoms with Gasteiger partial charge in [0.15, 0.2) is 5.65 Å². The predicted molar refractivity (Wildman–Crippen MR) is 136 cm³/mol. The first-order valence-electron chi connectivity index (χ1n) is 11.9. The first-order valence-corrected chi connectivity index (χ1v) is 12.7. The molecule has 0 saturated heterocycles. The van der Waals surface area contributed by atoms with Crippen molar-refractivity contribution in [2.45, 2.75) is 51.6 Å². The van der Waals surface area contributed by atoms with Crippen molar-refractivity contribution in [2.24, 2.45) is 5.41 Å². The van der Waals surface area contributed by atoms with Crippen LogP contribution in [0.3, 0.4) is 0 Å². The number of benzene rings is 1. The van der Waals surface area contributed by atoms with E-state index in [0.29, 0.717) is 52.2 Å². The lowest BCUT2D eigenvalue weighted by Crippen LogP contribution is -2.35.